The van der Waals surface area contributed by atoms with E-state index < -0.39 is 5.92 Å². The molecule has 0 nitrogen and oxygen atoms in total. The lowest BCUT2D eigenvalue weighted by Gasteiger charge is -2.10. The van der Waals surface area contributed by atoms with E-state index >= 15 is 0 Å². The van der Waals surface area contributed by atoms with Gasteiger partial charge in [0.05, 0.1) is 0 Å². The molecule has 0 aromatic rings. The van der Waals surface area contributed by atoms with Crippen molar-refractivity contribution < 1.29 is 8.78 Å². The molecule has 0 saturated heterocycles. The van der Waals surface area contributed by atoms with Gasteiger partial charge in [0.2, 0.25) is 0 Å². The molecule has 0 unspecified atom stereocenters. The summed E-state index contributed by atoms with van der Waals surface area (Å²) in [5.41, 5.74) is 0.970. The molecule has 64 valence electrons. The Balaban J connectivity index is 4.48. The van der Waals surface area contributed by atoms with Crippen LogP contribution < -0.4 is 0 Å². The molecule has 0 aliphatic rings. The van der Waals surface area contributed by atoms with E-state index in [4.69, 9.17) is 0 Å². The Labute approximate surface area is 66.6 Å². The summed E-state index contributed by atoms with van der Waals surface area (Å²) in [4.78, 5) is 0. The van der Waals surface area contributed by atoms with E-state index in [1.165, 1.54) is 13.0 Å². The molecule has 0 saturated carbocycles. The molecule has 0 bridgehead atoms. The topological polar surface area (TPSA) is 0 Å². The highest BCUT2D eigenvalue weighted by atomic mass is 19.3. The minimum absolute atomic E-state index is 0.105. The number of alkyl halides is 2. The molecule has 2 heteroatoms. The van der Waals surface area contributed by atoms with Crippen LogP contribution in [0.4, 0.5) is 8.78 Å². The number of hydrogen-bond donors (Lipinski definition) is 0. The highest BCUT2D eigenvalue weighted by molar-refractivity contribution is 5.23. The average molecular weight is 160 g/mol. The Kier molecular flexibility index (Phi) is 3.43. The monoisotopic (exact) mass is 160 g/mol. The predicted molar refractivity (Wildman–Crippen MR) is 43.8 cm³/mol. The summed E-state index contributed by atoms with van der Waals surface area (Å²) in [5, 5.41) is 0. The summed E-state index contributed by atoms with van der Waals surface area (Å²) in [6.07, 6.45) is 3.30. The van der Waals surface area contributed by atoms with E-state index in [0.717, 1.165) is 12.5 Å². The van der Waals surface area contributed by atoms with Gasteiger partial charge in [0.15, 0.2) is 0 Å². The molecule has 0 fully saturated rings. The van der Waals surface area contributed by atoms with Gasteiger partial charge in [-0.25, -0.2) is 8.78 Å². The van der Waals surface area contributed by atoms with Crippen LogP contribution in [0, 0.1) is 0 Å². The molecule has 0 spiro atoms. The molecule has 0 aromatic carbocycles. The van der Waals surface area contributed by atoms with Crippen LogP contribution in [0.15, 0.2) is 23.3 Å². The fourth-order valence-corrected chi connectivity index (χ4v) is 0.552. The maximum Gasteiger partial charge on any atom is 0.266 e. The van der Waals surface area contributed by atoms with Crippen molar-refractivity contribution in [3.05, 3.63) is 23.3 Å². The van der Waals surface area contributed by atoms with Crippen LogP contribution >= 0.6 is 0 Å². The van der Waals surface area contributed by atoms with Gasteiger partial charge < -0.3 is 0 Å². The van der Waals surface area contributed by atoms with Crippen molar-refractivity contribution in [1.82, 2.24) is 0 Å². The van der Waals surface area contributed by atoms with Gasteiger partial charge in [0.1, 0.15) is 0 Å². The molecular formula is C9H14F2. The van der Waals surface area contributed by atoms with Crippen molar-refractivity contribution in [2.24, 2.45) is 0 Å². The van der Waals surface area contributed by atoms with E-state index in [1.54, 1.807) is 13.0 Å². The van der Waals surface area contributed by atoms with Gasteiger partial charge in [-0.15, -0.1) is 0 Å². The lowest BCUT2D eigenvalue weighted by molar-refractivity contribution is 0.0635. The van der Waals surface area contributed by atoms with Crippen molar-refractivity contribution in [3.63, 3.8) is 0 Å². The summed E-state index contributed by atoms with van der Waals surface area (Å²) in [6, 6.07) is 0. The smallest absolute Gasteiger partial charge is 0.202 e. The SMILES string of the molecule is C/C=C(C)\C=C(/C)C(C)(F)F. The van der Waals surface area contributed by atoms with E-state index in [2.05, 4.69) is 0 Å². The summed E-state index contributed by atoms with van der Waals surface area (Å²) in [5.74, 6) is -2.69. The van der Waals surface area contributed by atoms with Crippen LogP contribution in [0.5, 0.6) is 0 Å². The molecule has 0 aliphatic carbocycles. The van der Waals surface area contributed by atoms with Crippen molar-refractivity contribution in [2.75, 3.05) is 0 Å². The maximum atomic E-state index is 12.5. The van der Waals surface area contributed by atoms with Gasteiger partial charge in [0.25, 0.3) is 5.92 Å². The lowest BCUT2D eigenvalue weighted by Crippen LogP contribution is -2.10. The van der Waals surface area contributed by atoms with Gasteiger partial charge in [-0.05, 0) is 26.3 Å². The molecule has 0 rings (SSSR count). The zero-order valence-electron chi connectivity index (χ0n) is 7.41. The molecule has 0 amide bonds. The van der Waals surface area contributed by atoms with Crippen LogP contribution in [0.25, 0.3) is 0 Å². The van der Waals surface area contributed by atoms with E-state index in [0.29, 0.717) is 0 Å². The van der Waals surface area contributed by atoms with Crippen molar-refractivity contribution in [3.8, 4) is 0 Å². The molecule has 0 N–H and O–H groups in total. The molecule has 0 heterocycles. The second-order valence-corrected chi connectivity index (χ2v) is 2.75. The maximum absolute atomic E-state index is 12.5. The molecular weight excluding hydrogens is 146 g/mol. The van der Waals surface area contributed by atoms with Crippen LogP contribution in [0.1, 0.15) is 27.7 Å². The Morgan fingerprint density at radius 1 is 1.27 bits per heavy atom. The molecule has 11 heavy (non-hydrogen) atoms. The minimum Gasteiger partial charge on any atom is -0.202 e. The third-order valence-electron chi connectivity index (χ3n) is 1.59. The Morgan fingerprint density at radius 2 is 1.73 bits per heavy atom. The summed E-state index contributed by atoms with van der Waals surface area (Å²) in [7, 11) is 0. The highest BCUT2D eigenvalue weighted by Crippen LogP contribution is 2.23. The summed E-state index contributed by atoms with van der Waals surface area (Å²) in [6.45, 7) is 5.97. The largest absolute Gasteiger partial charge is 0.266 e. The van der Waals surface area contributed by atoms with Crippen LogP contribution in [-0.2, 0) is 0 Å². The van der Waals surface area contributed by atoms with Gasteiger partial charge in [-0.1, -0.05) is 17.7 Å². The number of hydrogen-bond acceptors (Lipinski definition) is 0. The predicted octanol–water partition coefficient (Wildman–Crippen LogP) is 3.55. The van der Waals surface area contributed by atoms with Crippen molar-refractivity contribution >= 4 is 0 Å². The fraction of sp³-hybridized carbons (Fsp3) is 0.556. The van der Waals surface area contributed by atoms with E-state index in [1.807, 2.05) is 6.92 Å². The Hall–Kier alpha value is -0.660. The van der Waals surface area contributed by atoms with Gasteiger partial charge in [-0.3, -0.25) is 0 Å². The zero-order chi connectivity index (χ0) is 9.07. The van der Waals surface area contributed by atoms with Crippen LogP contribution in [-0.4, -0.2) is 5.92 Å². The zero-order valence-corrected chi connectivity index (χ0v) is 7.41. The lowest BCUT2D eigenvalue weighted by atomic mass is 10.1. The third-order valence-corrected chi connectivity index (χ3v) is 1.59. The second kappa shape index (κ2) is 3.65. The van der Waals surface area contributed by atoms with Crippen LogP contribution in [0.3, 0.4) is 0 Å². The fourth-order valence-electron chi connectivity index (χ4n) is 0.552. The molecule has 0 atom stereocenters. The average Bonchev–Trinajstić information content (AvgIpc) is 1.85. The Morgan fingerprint density at radius 3 is 2.00 bits per heavy atom. The first-order valence-electron chi connectivity index (χ1n) is 3.57. The molecule has 0 radical (unpaired) electrons. The third kappa shape index (κ3) is 3.91. The highest BCUT2D eigenvalue weighted by Gasteiger charge is 2.22. The second-order valence-electron chi connectivity index (χ2n) is 2.75. The van der Waals surface area contributed by atoms with Gasteiger partial charge in [-0.2, -0.15) is 0 Å². The first kappa shape index (κ1) is 10.3. The number of allylic oxidation sites excluding steroid dienone is 4. The summed E-state index contributed by atoms with van der Waals surface area (Å²) >= 11 is 0. The van der Waals surface area contributed by atoms with Gasteiger partial charge in [0, 0.05) is 6.92 Å². The first-order chi connectivity index (χ1) is 4.88. The summed E-state index contributed by atoms with van der Waals surface area (Å²) < 4.78 is 25.0. The minimum atomic E-state index is -2.69. The quantitative estimate of drug-likeness (QED) is 0.542. The van der Waals surface area contributed by atoms with E-state index in [-0.39, 0.29) is 5.57 Å². The van der Waals surface area contributed by atoms with E-state index in [9.17, 15) is 8.78 Å². The first-order valence-corrected chi connectivity index (χ1v) is 3.57. The number of halogens is 2. The Bertz CT molecular complexity index is 182. The molecule has 0 aromatic heterocycles. The van der Waals surface area contributed by atoms with Crippen molar-refractivity contribution in [1.29, 1.82) is 0 Å². The standard InChI is InChI=1S/C9H14F2/c1-5-7(2)6-8(3)9(4,10)11/h5-6H,1-4H3/b7-5-,8-6+. The number of rotatable bonds is 2. The molecule has 0 aliphatic heterocycles. The normalized spacial score (nSPS) is 15.5. The van der Waals surface area contributed by atoms with Gasteiger partial charge >= 0.3 is 0 Å². The van der Waals surface area contributed by atoms with Crippen LogP contribution in [0.2, 0.25) is 0 Å². The van der Waals surface area contributed by atoms with Crippen molar-refractivity contribution in [2.45, 2.75) is 33.6 Å².